The van der Waals surface area contributed by atoms with Gasteiger partial charge in [0.1, 0.15) is 0 Å². The molecule has 0 aromatic heterocycles. The zero-order chi connectivity index (χ0) is 19.8. The molecule has 2 aromatic rings. The van der Waals surface area contributed by atoms with Gasteiger partial charge in [0.25, 0.3) is 0 Å². The molecule has 0 atom stereocenters. The SMILES string of the molecule is CCCCCCCc1cc(Cc2cc(F)c(F)c(CCC)c2)cc(F)c1F. The van der Waals surface area contributed by atoms with Crippen LogP contribution in [0.25, 0.3) is 0 Å². The van der Waals surface area contributed by atoms with Crippen LogP contribution in [0.3, 0.4) is 0 Å². The number of hydrogen-bond donors (Lipinski definition) is 0. The Labute approximate surface area is 159 Å². The van der Waals surface area contributed by atoms with Crippen LogP contribution >= 0.6 is 0 Å². The largest absolute Gasteiger partial charge is 0.204 e. The van der Waals surface area contributed by atoms with Crippen LogP contribution in [0.4, 0.5) is 17.6 Å². The van der Waals surface area contributed by atoms with E-state index in [1.54, 1.807) is 12.1 Å². The molecule has 0 fully saturated rings. The maximum Gasteiger partial charge on any atom is 0.162 e. The van der Waals surface area contributed by atoms with Crippen molar-refractivity contribution in [2.45, 2.75) is 71.6 Å². The number of benzene rings is 2. The van der Waals surface area contributed by atoms with Gasteiger partial charge in [-0.25, -0.2) is 17.6 Å². The molecule has 0 bridgehead atoms. The molecule has 0 saturated heterocycles. The Morgan fingerprint density at radius 3 is 1.63 bits per heavy atom. The van der Waals surface area contributed by atoms with E-state index in [0.717, 1.165) is 44.2 Å². The standard InChI is InChI=1S/C23H28F4/c1-3-5-6-7-8-10-19-13-17(15-21(25)23(19)27)11-16-12-18(9-4-2)22(26)20(24)14-16/h12-15H,3-11H2,1-2H3. The van der Waals surface area contributed by atoms with Gasteiger partial charge in [-0.05, 0) is 60.1 Å². The van der Waals surface area contributed by atoms with Gasteiger partial charge in [-0.15, -0.1) is 0 Å². The maximum absolute atomic E-state index is 14.1. The average molecular weight is 380 g/mol. The molecule has 148 valence electrons. The lowest BCUT2D eigenvalue weighted by Gasteiger charge is -2.11. The Hall–Kier alpha value is -1.84. The molecule has 0 N–H and O–H groups in total. The first-order chi connectivity index (χ1) is 13.0. The highest BCUT2D eigenvalue weighted by Crippen LogP contribution is 2.23. The molecule has 2 aromatic carbocycles. The molecule has 0 heterocycles. The van der Waals surface area contributed by atoms with Gasteiger partial charge in [-0.3, -0.25) is 0 Å². The average Bonchev–Trinajstić information content (AvgIpc) is 2.63. The number of rotatable bonds is 10. The molecule has 0 nitrogen and oxygen atoms in total. The third-order valence-corrected chi connectivity index (χ3v) is 4.80. The molecule has 0 amide bonds. The Morgan fingerprint density at radius 1 is 0.593 bits per heavy atom. The highest BCUT2D eigenvalue weighted by Gasteiger charge is 2.14. The Balaban J connectivity index is 2.16. The first-order valence-corrected chi connectivity index (χ1v) is 9.89. The fraction of sp³-hybridized carbons (Fsp3) is 0.478. The van der Waals surface area contributed by atoms with Gasteiger partial charge in [0, 0.05) is 0 Å². The van der Waals surface area contributed by atoms with Crippen molar-refractivity contribution < 1.29 is 17.6 Å². The van der Waals surface area contributed by atoms with E-state index in [1.165, 1.54) is 0 Å². The van der Waals surface area contributed by atoms with Crippen LogP contribution in [0.2, 0.25) is 0 Å². The summed E-state index contributed by atoms with van der Waals surface area (Å²) in [6.45, 7) is 4.02. The summed E-state index contributed by atoms with van der Waals surface area (Å²) in [5, 5.41) is 0. The summed E-state index contributed by atoms with van der Waals surface area (Å²) in [6.07, 6.45) is 7.04. The molecule has 4 heteroatoms. The fourth-order valence-corrected chi connectivity index (χ4v) is 3.41. The summed E-state index contributed by atoms with van der Waals surface area (Å²) in [5.41, 5.74) is 1.83. The summed E-state index contributed by atoms with van der Waals surface area (Å²) in [5.74, 6) is -3.40. The van der Waals surface area contributed by atoms with Crippen molar-refractivity contribution in [2.75, 3.05) is 0 Å². The van der Waals surface area contributed by atoms with Gasteiger partial charge in [0.05, 0.1) is 0 Å². The van der Waals surface area contributed by atoms with E-state index in [2.05, 4.69) is 6.92 Å². The molecule has 27 heavy (non-hydrogen) atoms. The number of unbranched alkanes of at least 4 members (excludes halogenated alkanes) is 4. The minimum absolute atomic E-state index is 0.244. The van der Waals surface area contributed by atoms with E-state index in [9.17, 15) is 17.6 Å². The van der Waals surface area contributed by atoms with Gasteiger partial charge >= 0.3 is 0 Å². The van der Waals surface area contributed by atoms with E-state index in [4.69, 9.17) is 0 Å². The molecule has 0 saturated carbocycles. The van der Waals surface area contributed by atoms with E-state index in [-0.39, 0.29) is 6.42 Å². The quantitative estimate of drug-likeness (QED) is 0.300. The zero-order valence-corrected chi connectivity index (χ0v) is 16.2. The zero-order valence-electron chi connectivity index (χ0n) is 16.2. The van der Waals surface area contributed by atoms with Crippen LogP contribution in [0.15, 0.2) is 24.3 Å². The van der Waals surface area contributed by atoms with Crippen LogP contribution in [0.5, 0.6) is 0 Å². The minimum Gasteiger partial charge on any atom is -0.204 e. The predicted octanol–water partition coefficient (Wildman–Crippen LogP) is 7.30. The second-order valence-electron chi connectivity index (χ2n) is 7.19. The number of aryl methyl sites for hydroxylation is 2. The molecular weight excluding hydrogens is 352 g/mol. The Bertz CT molecular complexity index is 753. The van der Waals surface area contributed by atoms with E-state index < -0.39 is 23.3 Å². The lowest BCUT2D eigenvalue weighted by Crippen LogP contribution is -2.02. The van der Waals surface area contributed by atoms with Crippen molar-refractivity contribution in [3.8, 4) is 0 Å². The third-order valence-electron chi connectivity index (χ3n) is 4.80. The van der Waals surface area contributed by atoms with Crippen molar-refractivity contribution in [1.29, 1.82) is 0 Å². The first kappa shape index (κ1) is 21.5. The smallest absolute Gasteiger partial charge is 0.162 e. The summed E-state index contributed by atoms with van der Waals surface area (Å²) >= 11 is 0. The molecule has 0 spiro atoms. The second kappa shape index (κ2) is 10.5. The van der Waals surface area contributed by atoms with Crippen LogP contribution in [-0.4, -0.2) is 0 Å². The fourth-order valence-electron chi connectivity index (χ4n) is 3.41. The summed E-state index contributed by atoms with van der Waals surface area (Å²) in [4.78, 5) is 0. The van der Waals surface area contributed by atoms with Crippen LogP contribution < -0.4 is 0 Å². The lowest BCUT2D eigenvalue weighted by atomic mass is 9.97. The highest BCUT2D eigenvalue weighted by atomic mass is 19.2. The molecule has 0 aliphatic carbocycles. The summed E-state index contributed by atoms with van der Waals surface area (Å²) < 4.78 is 55.8. The predicted molar refractivity (Wildman–Crippen MR) is 102 cm³/mol. The number of hydrogen-bond acceptors (Lipinski definition) is 0. The monoisotopic (exact) mass is 380 g/mol. The van der Waals surface area contributed by atoms with E-state index in [1.807, 2.05) is 6.92 Å². The van der Waals surface area contributed by atoms with Gasteiger partial charge in [0.15, 0.2) is 23.3 Å². The summed E-state index contributed by atoms with van der Waals surface area (Å²) in [7, 11) is 0. The first-order valence-electron chi connectivity index (χ1n) is 9.89. The third kappa shape index (κ3) is 6.08. The maximum atomic E-state index is 14.1. The van der Waals surface area contributed by atoms with E-state index >= 15 is 0 Å². The van der Waals surface area contributed by atoms with Gasteiger partial charge in [-0.1, -0.05) is 58.1 Å². The lowest BCUT2D eigenvalue weighted by molar-refractivity contribution is 0.493. The highest BCUT2D eigenvalue weighted by molar-refractivity contribution is 5.34. The van der Waals surface area contributed by atoms with Crippen molar-refractivity contribution in [1.82, 2.24) is 0 Å². The van der Waals surface area contributed by atoms with Crippen LogP contribution in [0.1, 0.15) is 74.6 Å². The topological polar surface area (TPSA) is 0 Å². The molecule has 0 aliphatic rings. The van der Waals surface area contributed by atoms with E-state index in [0.29, 0.717) is 41.5 Å². The Kier molecular flexibility index (Phi) is 8.33. The van der Waals surface area contributed by atoms with Crippen molar-refractivity contribution in [2.24, 2.45) is 0 Å². The van der Waals surface area contributed by atoms with Gasteiger partial charge in [0.2, 0.25) is 0 Å². The van der Waals surface area contributed by atoms with Crippen LogP contribution in [-0.2, 0) is 19.3 Å². The van der Waals surface area contributed by atoms with Gasteiger partial charge in [-0.2, -0.15) is 0 Å². The van der Waals surface area contributed by atoms with Crippen molar-refractivity contribution in [3.05, 3.63) is 69.8 Å². The molecule has 0 aliphatic heterocycles. The number of halogens is 4. The normalized spacial score (nSPS) is 11.2. The second-order valence-corrected chi connectivity index (χ2v) is 7.19. The van der Waals surface area contributed by atoms with Crippen molar-refractivity contribution in [3.63, 3.8) is 0 Å². The van der Waals surface area contributed by atoms with Gasteiger partial charge < -0.3 is 0 Å². The summed E-state index contributed by atoms with van der Waals surface area (Å²) in [6, 6.07) is 5.56. The molecule has 0 radical (unpaired) electrons. The molecule has 0 unspecified atom stereocenters. The van der Waals surface area contributed by atoms with Crippen LogP contribution in [0, 0.1) is 23.3 Å². The molecule has 2 rings (SSSR count). The van der Waals surface area contributed by atoms with Crippen molar-refractivity contribution >= 4 is 0 Å². The Morgan fingerprint density at radius 2 is 1.11 bits per heavy atom. The minimum atomic E-state index is -0.894. The molecular formula is C23H28F4.